The van der Waals surface area contributed by atoms with Gasteiger partial charge in [0.2, 0.25) is 0 Å². The molecule has 28 heteroatoms. The maximum absolute atomic E-state index is 12.5. The number of ether oxygens (including phenoxy) is 2. The quantitative estimate of drug-likeness (QED) is 0.0607. The molecule has 49 heavy (non-hydrogen) atoms. The van der Waals surface area contributed by atoms with Crippen LogP contribution >= 0.6 is 23.5 Å². The van der Waals surface area contributed by atoms with E-state index in [1.807, 2.05) is 0 Å². The Morgan fingerprint density at radius 3 is 2.33 bits per heavy atom. The molecule has 2 unspecified atom stereocenters. The van der Waals surface area contributed by atoms with Crippen molar-refractivity contribution in [2.45, 2.75) is 49.1 Å². The largest absolute Gasteiger partial charge is 0.756 e. The summed E-state index contributed by atoms with van der Waals surface area (Å²) < 4.78 is 67.6. The summed E-state index contributed by atoms with van der Waals surface area (Å²) in [7, 11) is -16.7. The van der Waals surface area contributed by atoms with Crippen LogP contribution in [0, 0.1) is 0 Å². The molecule has 10 atom stereocenters. The summed E-state index contributed by atoms with van der Waals surface area (Å²) in [6.07, 6.45) is -9.45. The maximum Gasteiger partial charge on any atom is 0.478 e. The van der Waals surface area contributed by atoms with Gasteiger partial charge in [0.1, 0.15) is 47.9 Å². The molecule has 3 aromatic rings. The van der Waals surface area contributed by atoms with E-state index in [0.29, 0.717) is 0 Å². The second-order valence-corrected chi connectivity index (χ2v) is 14.6. The number of phosphoric acid groups is 3. The van der Waals surface area contributed by atoms with Gasteiger partial charge < -0.3 is 65.5 Å². The zero-order valence-electron chi connectivity index (χ0n) is 24.3. The summed E-state index contributed by atoms with van der Waals surface area (Å²) in [5.74, 6) is -1.44. The van der Waals surface area contributed by atoms with E-state index < -0.39 is 91.7 Å². The van der Waals surface area contributed by atoms with Crippen LogP contribution in [-0.4, -0.2) is 110 Å². The third-order valence-electron chi connectivity index (χ3n) is 7.02. The molecule has 0 radical (unpaired) electrons. The molecule has 0 spiro atoms. The highest BCUT2D eigenvalue weighted by molar-refractivity contribution is 7.60. The first-order chi connectivity index (χ1) is 22.7. The SMILES string of the molecule is Nc1cc(C(=O)O)c[n+]([C@@H]2O[C@H](COP(=O)([O-])OP(=O)(O)OC[C@H]3O[C@@H](n4cnc5c(N)ncnc54)[C@H](OP(=O)(O)O)[C@@H]3O)[C@@H](O)[C@H]2O)c1. The van der Waals surface area contributed by atoms with Gasteiger partial charge in [-0.3, -0.25) is 18.2 Å². The van der Waals surface area contributed by atoms with Crippen molar-refractivity contribution < 1.29 is 90.4 Å². The Balaban J connectivity index is 1.21. The average Bonchev–Trinajstić information content (AvgIpc) is 3.64. The normalized spacial score (nSPS) is 29.9. The number of phosphoric ester groups is 3. The number of carboxylic acid groups (broad SMARTS) is 1. The Labute approximate surface area is 272 Å². The third kappa shape index (κ3) is 8.46. The number of aromatic nitrogens is 5. The molecule has 2 saturated heterocycles. The Morgan fingerprint density at radius 2 is 1.65 bits per heavy atom. The maximum atomic E-state index is 12.5. The van der Waals surface area contributed by atoms with Crippen LogP contribution in [0.15, 0.2) is 31.1 Å². The van der Waals surface area contributed by atoms with Crippen LogP contribution in [0.4, 0.5) is 11.5 Å². The molecule has 5 heterocycles. The Hall–Kier alpha value is -3.06. The fourth-order valence-corrected chi connectivity index (χ4v) is 7.51. The second kappa shape index (κ2) is 13.9. The zero-order valence-corrected chi connectivity index (χ0v) is 27.0. The highest BCUT2D eigenvalue weighted by atomic mass is 31.3. The van der Waals surface area contributed by atoms with Gasteiger partial charge in [0.05, 0.1) is 25.2 Å². The summed E-state index contributed by atoms with van der Waals surface area (Å²) in [5.41, 5.74) is 11.1. The van der Waals surface area contributed by atoms with Crippen LogP contribution < -0.4 is 20.9 Å². The molecular weight excluding hydrogens is 731 g/mol. The lowest BCUT2D eigenvalue weighted by Gasteiger charge is -2.26. The summed E-state index contributed by atoms with van der Waals surface area (Å²) in [6, 6.07) is 1.11. The molecule has 270 valence electrons. The van der Waals surface area contributed by atoms with Crippen molar-refractivity contribution in [2.24, 2.45) is 0 Å². The Bertz CT molecular complexity index is 1860. The van der Waals surface area contributed by atoms with Gasteiger partial charge in [-0.05, 0) is 6.07 Å². The Morgan fingerprint density at radius 1 is 0.980 bits per heavy atom. The molecule has 3 aromatic heterocycles. The minimum absolute atomic E-state index is 0.0158. The van der Waals surface area contributed by atoms with E-state index in [1.54, 1.807) is 0 Å². The number of nitrogens with zero attached hydrogens (tertiary/aromatic N) is 5. The number of rotatable bonds is 13. The third-order valence-corrected chi connectivity index (χ3v) is 10.1. The van der Waals surface area contributed by atoms with Gasteiger partial charge in [0, 0.05) is 0 Å². The fourth-order valence-electron chi connectivity index (χ4n) is 4.92. The number of aliphatic hydroxyl groups excluding tert-OH is 3. The zero-order chi connectivity index (χ0) is 36.1. The lowest BCUT2D eigenvalue weighted by Crippen LogP contribution is -2.46. The van der Waals surface area contributed by atoms with Crippen molar-refractivity contribution in [3.63, 3.8) is 0 Å². The molecule has 0 aliphatic carbocycles. The van der Waals surface area contributed by atoms with Crippen molar-refractivity contribution in [3.8, 4) is 0 Å². The van der Waals surface area contributed by atoms with Gasteiger partial charge in [0.25, 0.3) is 14.1 Å². The summed E-state index contributed by atoms with van der Waals surface area (Å²) in [5, 5.41) is 40.7. The van der Waals surface area contributed by atoms with Crippen LogP contribution in [0.1, 0.15) is 22.8 Å². The van der Waals surface area contributed by atoms with E-state index in [-0.39, 0.29) is 28.2 Å². The van der Waals surface area contributed by atoms with Crippen LogP contribution in [0.3, 0.4) is 0 Å². The lowest BCUT2D eigenvalue weighted by atomic mass is 10.1. The van der Waals surface area contributed by atoms with Crippen molar-refractivity contribution >= 4 is 52.1 Å². The molecule has 5 rings (SSSR count). The number of imidazole rings is 1. The van der Waals surface area contributed by atoms with Crippen LogP contribution in [-0.2, 0) is 41.1 Å². The topological polar surface area (TPSA) is 388 Å². The number of hydrogen-bond donors (Lipinski definition) is 9. The minimum atomic E-state index is -5.77. The number of carboxylic acids is 1. The highest BCUT2D eigenvalue weighted by Gasteiger charge is 2.51. The smallest absolute Gasteiger partial charge is 0.478 e. The number of pyridine rings is 1. The molecular formula is C21H28N7O18P3. The number of hydrogen-bond acceptors (Lipinski definition) is 19. The van der Waals surface area contributed by atoms with Gasteiger partial charge in [-0.1, -0.05) is 0 Å². The first-order valence-corrected chi connectivity index (χ1v) is 17.9. The summed E-state index contributed by atoms with van der Waals surface area (Å²) in [6.45, 7) is -2.20. The Kier molecular flexibility index (Phi) is 10.6. The van der Waals surface area contributed by atoms with E-state index in [2.05, 4.69) is 32.8 Å². The number of aromatic carboxylic acids is 1. The molecule has 0 saturated carbocycles. The van der Waals surface area contributed by atoms with Crippen molar-refractivity contribution in [3.05, 3.63) is 36.7 Å². The first-order valence-electron chi connectivity index (χ1n) is 13.5. The van der Waals surface area contributed by atoms with Crippen molar-refractivity contribution in [1.29, 1.82) is 0 Å². The predicted molar refractivity (Wildman–Crippen MR) is 151 cm³/mol. The van der Waals surface area contributed by atoms with Crippen LogP contribution in [0.2, 0.25) is 0 Å². The van der Waals surface area contributed by atoms with E-state index in [9.17, 15) is 58.5 Å². The molecule has 2 aliphatic rings. The summed E-state index contributed by atoms with van der Waals surface area (Å²) >= 11 is 0. The minimum Gasteiger partial charge on any atom is -0.756 e. The van der Waals surface area contributed by atoms with Gasteiger partial charge in [-0.15, -0.1) is 0 Å². The molecule has 11 N–H and O–H groups in total. The van der Waals surface area contributed by atoms with E-state index in [0.717, 1.165) is 34.1 Å². The number of aliphatic hydroxyl groups is 3. The highest BCUT2D eigenvalue weighted by Crippen LogP contribution is 2.58. The van der Waals surface area contributed by atoms with E-state index >= 15 is 0 Å². The van der Waals surface area contributed by atoms with Gasteiger partial charge in [-0.2, -0.15) is 4.57 Å². The number of nitrogen functional groups attached to an aromatic ring is 2. The second-order valence-electron chi connectivity index (χ2n) is 10.4. The van der Waals surface area contributed by atoms with E-state index in [1.165, 1.54) is 6.20 Å². The molecule has 25 nitrogen and oxygen atoms in total. The van der Waals surface area contributed by atoms with Crippen LogP contribution in [0.25, 0.3) is 11.2 Å². The van der Waals surface area contributed by atoms with Gasteiger partial charge in [0.15, 0.2) is 36.2 Å². The molecule has 2 aliphatic heterocycles. The fraction of sp³-hybridized carbons (Fsp3) is 0.476. The average molecular weight is 759 g/mol. The van der Waals surface area contributed by atoms with Crippen LogP contribution in [0.5, 0.6) is 0 Å². The van der Waals surface area contributed by atoms with E-state index in [4.69, 9.17) is 20.9 Å². The van der Waals surface area contributed by atoms with Gasteiger partial charge >= 0.3 is 21.6 Å². The predicted octanol–water partition coefficient (Wildman–Crippen LogP) is -3.35. The number of anilines is 2. The first kappa shape index (κ1) is 37.2. The standard InChI is InChI=1S/C21H28N7O18P3/c22-9-1-8(21(32)33)2-27(3-9)19-15(31)13(29)10(43-19)4-41-48(37,38)46-49(39,40)42-5-11-14(30)16(45-47(34,35)36)20(44-11)28-7-26-12-17(23)24-6-25-18(12)28/h1-3,6-7,10-11,13-16,19-20,29-31H,4-5,22H2,(H6-,23,24,25,32,33,34,35,36,37,38,39,40)/t10-,11-,13-,14-,15-,16-,19-,20-/m1/s1. The molecule has 0 aromatic carbocycles. The molecule has 0 bridgehead atoms. The summed E-state index contributed by atoms with van der Waals surface area (Å²) in [4.78, 5) is 64.3. The number of nitrogens with two attached hydrogens (primary N) is 2. The van der Waals surface area contributed by atoms with Crippen molar-refractivity contribution in [1.82, 2.24) is 19.5 Å². The molecule has 2 fully saturated rings. The number of fused-ring (bicyclic) bond motifs is 1. The van der Waals surface area contributed by atoms with Crippen molar-refractivity contribution in [2.75, 3.05) is 24.7 Å². The number of carbonyl (C=O) groups is 1. The molecule has 0 amide bonds. The monoisotopic (exact) mass is 759 g/mol. The van der Waals surface area contributed by atoms with Gasteiger partial charge in [-0.25, -0.2) is 33.2 Å². The lowest BCUT2D eigenvalue weighted by molar-refractivity contribution is -0.765.